The van der Waals surface area contributed by atoms with E-state index >= 15 is 0 Å². The number of nitrogens with one attached hydrogen (secondary N) is 1. The molecule has 3 aromatic carbocycles. The van der Waals surface area contributed by atoms with Crippen LogP contribution in [0.3, 0.4) is 0 Å². The minimum Gasteiger partial charge on any atom is -0.351 e. The highest BCUT2D eigenvalue weighted by molar-refractivity contribution is 7.89. The van der Waals surface area contributed by atoms with Gasteiger partial charge in [0, 0.05) is 26.2 Å². The van der Waals surface area contributed by atoms with E-state index in [2.05, 4.69) is 5.32 Å². The van der Waals surface area contributed by atoms with Crippen LogP contribution in [0.15, 0.2) is 76.5 Å². The molecule has 1 aliphatic heterocycles. The molecule has 0 aliphatic carbocycles. The quantitative estimate of drug-likeness (QED) is 0.384. The van der Waals surface area contributed by atoms with Crippen molar-refractivity contribution in [1.29, 1.82) is 0 Å². The highest BCUT2D eigenvalue weighted by atomic mass is 32.2. The fourth-order valence-corrected chi connectivity index (χ4v) is 8.48. The SMILES string of the molecule is Cc1cc(C)c(S(=O)(=O)N(CC(=O)NCc2ccc(S(=O)(=O)N3CCCCC3)cc2)Cc2ccccc2)c(C)c1. The van der Waals surface area contributed by atoms with Crippen LogP contribution in [0.5, 0.6) is 0 Å². The summed E-state index contributed by atoms with van der Waals surface area (Å²) in [5.74, 6) is -0.452. The molecular formula is C30H37N3O5S2. The van der Waals surface area contributed by atoms with Crippen LogP contribution in [0.25, 0.3) is 0 Å². The monoisotopic (exact) mass is 583 g/mol. The molecule has 0 radical (unpaired) electrons. The van der Waals surface area contributed by atoms with E-state index in [1.165, 1.54) is 8.61 Å². The third-order valence-electron chi connectivity index (χ3n) is 7.09. The normalized spacial score (nSPS) is 14.8. The maximum absolute atomic E-state index is 13.8. The first-order valence-corrected chi connectivity index (χ1v) is 16.3. The molecule has 1 aliphatic rings. The maximum atomic E-state index is 13.8. The van der Waals surface area contributed by atoms with Gasteiger partial charge in [-0.1, -0.05) is 66.6 Å². The Hall–Kier alpha value is -3.05. The molecule has 4 rings (SSSR count). The number of amides is 1. The Labute approximate surface area is 238 Å². The molecule has 1 N–H and O–H groups in total. The molecule has 0 bridgehead atoms. The predicted molar refractivity (Wildman–Crippen MR) is 156 cm³/mol. The molecule has 0 unspecified atom stereocenters. The minimum absolute atomic E-state index is 0.0480. The van der Waals surface area contributed by atoms with Gasteiger partial charge in [0.1, 0.15) is 0 Å². The highest BCUT2D eigenvalue weighted by Crippen LogP contribution is 2.26. The summed E-state index contributed by atoms with van der Waals surface area (Å²) < 4.78 is 56.2. The lowest BCUT2D eigenvalue weighted by Crippen LogP contribution is -2.40. The van der Waals surface area contributed by atoms with Gasteiger partial charge in [0.2, 0.25) is 26.0 Å². The lowest BCUT2D eigenvalue weighted by Gasteiger charge is -2.26. The third-order valence-corrected chi connectivity index (χ3v) is 11.1. The van der Waals surface area contributed by atoms with Gasteiger partial charge in [0.15, 0.2) is 0 Å². The van der Waals surface area contributed by atoms with Crippen molar-refractivity contribution in [3.63, 3.8) is 0 Å². The highest BCUT2D eigenvalue weighted by Gasteiger charge is 2.30. The minimum atomic E-state index is -3.99. The van der Waals surface area contributed by atoms with Gasteiger partial charge in [-0.25, -0.2) is 16.8 Å². The average molecular weight is 584 g/mol. The molecule has 0 spiro atoms. The standard InChI is InChI=1S/C30H37N3O5S2/c1-23-18-24(2)30(25(3)19-23)40(37,38)33(21-27-10-6-4-7-11-27)22-29(34)31-20-26-12-14-28(15-13-26)39(35,36)32-16-8-5-9-17-32/h4,6-7,10-15,18-19H,5,8-9,16-17,20-22H2,1-3H3,(H,31,34). The Kier molecular flexibility index (Phi) is 9.45. The van der Waals surface area contributed by atoms with E-state index in [4.69, 9.17) is 0 Å². The number of benzene rings is 3. The number of piperidine rings is 1. The van der Waals surface area contributed by atoms with Crippen molar-refractivity contribution < 1.29 is 21.6 Å². The van der Waals surface area contributed by atoms with Crippen molar-refractivity contribution in [3.05, 3.63) is 94.5 Å². The van der Waals surface area contributed by atoms with Crippen LogP contribution in [0.2, 0.25) is 0 Å². The van der Waals surface area contributed by atoms with Crippen LogP contribution in [0, 0.1) is 20.8 Å². The van der Waals surface area contributed by atoms with Gasteiger partial charge in [-0.2, -0.15) is 8.61 Å². The molecule has 1 amide bonds. The predicted octanol–water partition coefficient (Wildman–Crippen LogP) is 4.29. The first-order valence-electron chi connectivity index (χ1n) is 13.5. The van der Waals surface area contributed by atoms with E-state index in [9.17, 15) is 21.6 Å². The molecule has 0 atom stereocenters. The van der Waals surface area contributed by atoms with Gasteiger partial charge in [0.05, 0.1) is 16.3 Å². The second kappa shape index (κ2) is 12.6. The fourth-order valence-electron chi connectivity index (χ4n) is 5.17. The summed E-state index contributed by atoms with van der Waals surface area (Å²) in [6, 6.07) is 19.3. The third kappa shape index (κ3) is 6.98. The van der Waals surface area contributed by atoms with Crippen molar-refractivity contribution in [2.45, 2.75) is 62.9 Å². The van der Waals surface area contributed by atoms with E-state index in [0.29, 0.717) is 29.8 Å². The topological polar surface area (TPSA) is 104 Å². The second-order valence-electron chi connectivity index (χ2n) is 10.4. The number of nitrogens with zero attached hydrogens (tertiary/aromatic N) is 2. The molecule has 1 heterocycles. The smallest absolute Gasteiger partial charge is 0.244 e. The van der Waals surface area contributed by atoms with Gasteiger partial charge in [-0.15, -0.1) is 0 Å². The average Bonchev–Trinajstić information content (AvgIpc) is 2.92. The summed E-state index contributed by atoms with van der Waals surface area (Å²) in [5.41, 5.74) is 3.72. The Balaban J connectivity index is 1.48. The second-order valence-corrected chi connectivity index (χ2v) is 14.2. The molecule has 1 saturated heterocycles. The number of sulfonamides is 2. The summed E-state index contributed by atoms with van der Waals surface area (Å²) in [4.78, 5) is 13.5. The summed E-state index contributed by atoms with van der Waals surface area (Å²) in [6.07, 6.45) is 2.77. The van der Waals surface area contributed by atoms with Crippen molar-refractivity contribution in [1.82, 2.24) is 13.9 Å². The molecule has 0 aromatic heterocycles. The molecular weight excluding hydrogens is 546 g/mol. The number of rotatable bonds is 10. The summed E-state index contributed by atoms with van der Waals surface area (Å²) in [5, 5.41) is 2.79. The molecule has 3 aromatic rings. The van der Waals surface area contributed by atoms with Crippen molar-refractivity contribution in [2.75, 3.05) is 19.6 Å². The van der Waals surface area contributed by atoms with Crippen LogP contribution in [-0.4, -0.2) is 51.0 Å². The van der Waals surface area contributed by atoms with Gasteiger partial charge < -0.3 is 5.32 Å². The molecule has 1 fully saturated rings. The number of aryl methyl sites for hydroxylation is 3. The van der Waals surface area contributed by atoms with Gasteiger partial charge in [0.25, 0.3) is 0 Å². The zero-order valence-electron chi connectivity index (χ0n) is 23.3. The first kappa shape index (κ1) is 29.9. The number of hydrogen-bond donors (Lipinski definition) is 1. The molecule has 40 heavy (non-hydrogen) atoms. The molecule has 0 saturated carbocycles. The fraction of sp³-hybridized carbons (Fsp3) is 0.367. The molecule has 8 nitrogen and oxygen atoms in total. The lowest BCUT2D eigenvalue weighted by atomic mass is 10.1. The van der Waals surface area contributed by atoms with Gasteiger partial charge in [-0.3, -0.25) is 4.79 Å². The zero-order valence-corrected chi connectivity index (χ0v) is 24.9. The Morgan fingerprint density at radius 2 is 1.43 bits per heavy atom. The van der Waals surface area contributed by atoms with Crippen molar-refractivity contribution >= 4 is 26.0 Å². The first-order chi connectivity index (χ1) is 19.0. The van der Waals surface area contributed by atoms with E-state index in [0.717, 1.165) is 30.4 Å². The summed E-state index contributed by atoms with van der Waals surface area (Å²) in [7, 11) is -7.52. The van der Waals surface area contributed by atoms with Gasteiger partial charge >= 0.3 is 0 Å². The van der Waals surface area contributed by atoms with E-state index in [-0.39, 0.29) is 29.4 Å². The zero-order chi connectivity index (χ0) is 28.9. The van der Waals surface area contributed by atoms with Crippen molar-refractivity contribution in [3.8, 4) is 0 Å². The summed E-state index contributed by atoms with van der Waals surface area (Å²) >= 11 is 0. The summed E-state index contributed by atoms with van der Waals surface area (Å²) in [6.45, 7) is 6.35. The number of hydrogen-bond acceptors (Lipinski definition) is 5. The van der Waals surface area contributed by atoms with Crippen LogP contribution in [-0.2, 0) is 37.9 Å². The van der Waals surface area contributed by atoms with Gasteiger partial charge in [-0.05, 0) is 68.0 Å². The van der Waals surface area contributed by atoms with E-state index < -0.39 is 26.0 Å². The van der Waals surface area contributed by atoms with Crippen LogP contribution < -0.4 is 5.32 Å². The molecule has 10 heteroatoms. The van der Waals surface area contributed by atoms with Crippen LogP contribution in [0.1, 0.15) is 47.1 Å². The van der Waals surface area contributed by atoms with Crippen molar-refractivity contribution in [2.24, 2.45) is 0 Å². The van der Waals surface area contributed by atoms with Crippen LogP contribution >= 0.6 is 0 Å². The largest absolute Gasteiger partial charge is 0.351 e. The lowest BCUT2D eigenvalue weighted by molar-refractivity contribution is -0.121. The number of carbonyl (C=O) groups is 1. The molecule has 214 valence electrons. The maximum Gasteiger partial charge on any atom is 0.244 e. The number of carbonyl (C=O) groups excluding carboxylic acids is 1. The Morgan fingerprint density at radius 3 is 2.02 bits per heavy atom. The Bertz CT molecular complexity index is 1530. The Morgan fingerprint density at radius 1 is 0.825 bits per heavy atom. The van der Waals surface area contributed by atoms with E-state index in [1.807, 2.05) is 49.4 Å². The van der Waals surface area contributed by atoms with Crippen LogP contribution in [0.4, 0.5) is 0 Å². The van der Waals surface area contributed by atoms with E-state index in [1.54, 1.807) is 38.1 Å².